The van der Waals surface area contributed by atoms with Crippen LogP contribution in [0, 0.1) is 5.92 Å². The Balaban J connectivity index is 3.09. The maximum atomic E-state index is 12.1. The highest BCUT2D eigenvalue weighted by atomic mass is 16.5. The minimum Gasteiger partial charge on any atom is -0.469 e. The zero-order chi connectivity index (χ0) is 16.0. The molecule has 1 N–H and O–H groups in total. The molecule has 21 heavy (non-hydrogen) atoms. The molecule has 1 heterocycles. The van der Waals surface area contributed by atoms with Crippen molar-refractivity contribution in [1.29, 1.82) is 0 Å². The summed E-state index contributed by atoms with van der Waals surface area (Å²) in [4.78, 5) is 36.1. The van der Waals surface area contributed by atoms with Crippen molar-refractivity contribution < 1.29 is 28.6 Å². The highest BCUT2D eigenvalue weighted by Crippen LogP contribution is 2.34. The Labute approximate surface area is 124 Å². The number of unbranched alkanes of at least 4 members (excludes halogenated alkanes) is 1. The number of hydrogen-bond acceptors (Lipinski definition) is 7. The molecule has 0 spiro atoms. The summed E-state index contributed by atoms with van der Waals surface area (Å²) in [6.45, 7) is 2.02. The molecule has 1 saturated heterocycles. The van der Waals surface area contributed by atoms with Crippen LogP contribution >= 0.6 is 0 Å². The summed E-state index contributed by atoms with van der Waals surface area (Å²) in [5.41, 5.74) is -1.64. The molecule has 1 rings (SSSR count). The van der Waals surface area contributed by atoms with Crippen LogP contribution in [0.15, 0.2) is 0 Å². The van der Waals surface area contributed by atoms with E-state index in [9.17, 15) is 14.4 Å². The minimum absolute atomic E-state index is 0.0204. The summed E-state index contributed by atoms with van der Waals surface area (Å²) in [7, 11) is 3.68. The predicted molar refractivity (Wildman–Crippen MR) is 73.3 cm³/mol. The smallest absolute Gasteiger partial charge is 0.337 e. The summed E-state index contributed by atoms with van der Waals surface area (Å²) in [5, 5.41) is 2.96. The first-order chi connectivity index (χ1) is 9.96. The van der Waals surface area contributed by atoms with Gasteiger partial charge in [0.05, 0.1) is 27.2 Å². The Hall–Kier alpha value is -1.63. The van der Waals surface area contributed by atoms with Crippen molar-refractivity contribution in [2.75, 3.05) is 21.3 Å². The maximum Gasteiger partial charge on any atom is 0.337 e. The van der Waals surface area contributed by atoms with Gasteiger partial charge in [0.1, 0.15) is 0 Å². The van der Waals surface area contributed by atoms with Crippen LogP contribution in [0.1, 0.15) is 32.6 Å². The molecule has 0 radical (unpaired) electrons. The van der Waals surface area contributed by atoms with Crippen LogP contribution in [0.4, 0.5) is 0 Å². The minimum atomic E-state index is -1.64. The number of carbonyl (C=O) groups excluding carboxylic acids is 3. The van der Waals surface area contributed by atoms with Crippen LogP contribution in [-0.4, -0.2) is 50.8 Å². The van der Waals surface area contributed by atoms with E-state index >= 15 is 0 Å². The van der Waals surface area contributed by atoms with Crippen molar-refractivity contribution in [2.45, 2.75) is 44.2 Å². The highest BCUT2D eigenvalue weighted by Gasteiger charge is 2.58. The second-order valence-corrected chi connectivity index (χ2v) is 5.12. The summed E-state index contributed by atoms with van der Waals surface area (Å²) in [5.74, 6) is -2.53. The molecule has 0 unspecified atom stereocenters. The van der Waals surface area contributed by atoms with E-state index < -0.39 is 29.4 Å². The lowest BCUT2D eigenvalue weighted by molar-refractivity contribution is -0.162. The zero-order valence-corrected chi connectivity index (χ0v) is 12.9. The third kappa shape index (κ3) is 3.34. The number of carbonyl (C=O) groups is 3. The maximum absolute atomic E-state index is 12.1. The van der Waals surface area contributed by atoms with E-state index in [0.29, 0.717) is 6.42 Å². The fourth-order valence-corrected chi connectivity index (χ4v) is 2.76. The first-order valence-corrected chi connectivity index (χ1v) is 6.99. The third-order valence-electron chi connectivity index (χ3n) is 3.88. The Kier molecular flexibility index (Phi) is 6.14. The molecule has 2 atom stereocenters. The van der Waals surface area contributed by atoms with Gasteiger partial charge in [0.2, 0.25) is 5.54 Å². The predicted octanol–water partition coefficient (Wildman–Crippen LogP) is 0.413. The van der Waals surface area contributed by atoms with E-state index in [1.807, 2.05) is 6.92 Å². The van der Waals surface area contributed by atoms with Gasteiger partial charge in [0.25, 0.3) is 0 Å². The number of rotatable bonds is 6. The average Bonchev–Trinajstić information content (AvgIpc) is 2.91. The molecule has 0 aromatic heterocycles. The normalized spacial score (nSPS) is 23.4. The Bertz CT molecular complexity index is 392. The van der Waals surface area contributed by atoms with Crippen molar-refractivity contribution in [3.63, 3.8) is 0 Å². The average molecular weight is 301 g/mol. The van der Waals surface area contributed by atoms with Crippen LogP contribution in [0.2, 0.25) is 0 Å². The molecular weight excluding hydrogens is 278 g/mol. The highest BCUT2D eigenvalue weighted by molar-refractivity contribution is 6.06. The lowest BCUT2D eigenvalue weighted by atomic mass is 9.90. The van der Waals surface area contributed by atoms with Gasteiger partial charge in [0, 0.05) is 12.5 Å². The SMILES string of the molecule is CCCC[C@H]1NC(C(=O)OC)(C(=O)OC)C[C@H]1C(=O)OC. The largest absolute Gasteiger partial charge is 0.469 e. The summed E-state index contributed by atoms with van der Waals surface area (Å²) < 4.78 is 14.2. The topological polar surface area (TPSA) is 90.9 Å². The fourth-order valence-electron chi connectivity index (χ4n) is 2.76. The van der Waals surface area contributed by atoms with Gasteiger partial charge in [-0.2, -0.15) is 0 Å². The molecule has 7 heteroatoms. The standard InChI is InChI=1S/C14H23NO6/c1-5-6-7-10-9(11(16)19-2)8-14(15-10,12(17)20-3)13(18)21-4/h9-10,15H,5-8H2,1-4H3/t9-,10-/m1/s1. The monoisotopic (exact) mass is 301 g/mol. The first-order valence-electron chi connectivity index (χ1n) is 6.99. The summed E-state index contributed by atoms with van der Waals surface area (Å²) in [6, 6.07) is -0.324. The van der Waals surface area contributed by atoms with Crippen molar-refractivity contribution in [3.8, 4) is 0 Å². The summed E-state index contributed by atoms with van der Waals surface area (Å²) in [6.07, 6.45) is 2.44. The molecule has 0 aromatic carbocycles. The molecule has 0 amide bonds. The number of nitrogens with one attached hydrogen (secondary N) is 1. The van der Waals surface area contributed by atoms with Crippen molar-refractivity contribution >= 4 is 17.9 Å². The second-order valence-electron chi connectivity index (χ2n) is 5.12. The van der Waals surface area contributed by atoms with E-state index in [4.69, 9.17) is 14.2 Å². The van der Waals surface area contributed by atoms with Crippen LogP contribution in [0.5, 0.6) is 0 Å². The molecule has 7 nitrogen and oxygen atoms in total. The van der Waals surface area contributed by atoms with Gasteiger partial charge in [-0.05, 0) is 6.42 Å². The van der Waals surface area contributed by atoms with Gasteiger partial charge in [0.15, 0.2) is 0 Å². The Morgan fingerprint density at radius 3 is 2.10 bits per heavy atom. The molecular formula is C14H23NO6. The van der Waals surface area contributed by atoms with Crippen LogP contribution < -0.4 is 5.32 Å². The van der Waals surface area contributed by atoms with Crippen LogP contribution in [-0.2, 0) is 28.6 Å². The first kappa shape index (κ1) is 17.4. The van der Waals surface area contributed by atoms with Gasteiger partial charge in [-0.25, -0.2) is 9.59 Å². The zero-order valence-electron chi connectivity index (χ0n) is 12.9. The van der Waals surface area contributed by atoms with Gasteiger partial charge >= 0.3 is 17.9 Å². The second kappa shape index (κ2) is 7.40. The van der Waals surface area contributed by atoms with Gasteiger partial charge < -0.3 is 14.2 Å². The molecule has 1 aliphatic heterocycles. The van der Waals surface area contributed by atoms with E-state index in [2.05, 4.69) is 5.32 Å². The molecule has 120 valence electrons. The molecule has 0 bridgehead atoms. The molecule has 0 saturated carbocycles. The van der Waals surface area contributed by atoms with Crippen molar-refractivity contribution in [2.24, 2.45) is 5.92 Å². The number of methoxy groups -OCH3 is 3. The Morgan fingerprint density at radius 2 is 1.67 bits per heavy atom. The molecule has 0 aliphatic carbocycles. The lowest BCUT2D eigenvalue weighted by Crippen LogP contribution is -2.57. The molecule has 1 aliphatic rings. The third-order valence-corrected chi connectivity index (χ3v) is 3.88. The van der Waals surface area contributed by atoms with Gasteiger partial charge in [-0.15, -0.1) is 0 Å². The quantitative estimate of drug-likeness (QED) is 0.431. The van der Waals surface area contributed by atoms with Crippen LogP contribution in [0.25, 0.3) is 0 Å². The Morgan fingerprint density at radius 1 is 1.10 bits per heavy atom. The molecule has 0 aromatic rings. The number of ether oxygens (including phenoxy) is 3. The van der Waals surface area contributed by atoms with E-state index in [1.54, 1.807) is 0 Å². The van der Waals surface area contributed by atoms with Crippen molar-refractivity contribution in [1.82, 2.24) is 5.32 Å². The summed E-state index contributed by atoms with van der Waals surface area (Å²) >= 11 is 0. The van der Waals surface area contributed by atoms with Gasteiger partial charge in [-0.1, -0.05) is 19.8 Å². The van der Waals surface area contributed by atoms with Crippen LogP contribution in [0.3, 0.4) is 0 Å². The number of esters is 3. The van der Waals surface area contributed by atoms with Crippen molar-refractivity contribution in [3.05, 3.63) is 0 Å². The van der Waals surface area contributed by atoms with Gasteiger partial charge in [-0.3, -0.25) is 10.1 Å². The van der Waals surface area contributed by atoms with E-state index in [1.165, 1.54) is 21.3 Å². The number of hydrogen-bond donors (Lipinski definition) is 1. The molecule has 1 fully saturated rings. The van der Waals surface area contributed by atoms with E-state index in [0.717, 1.165) is 12.8 Å². The fraction of sp³-hybridized carbons (Fsp3) is 0.786. The lowest BCUT2D eigenvalue weighted by Gasteiger charge is -2.24. The van der Waals surface area contributed by atoms with E-state index in [-0.39, 0.29) is 12.5 Å².